The Hall–Kier alpha value is -2.72. The van der Waals surface area contributed by atoms with E-state index in [-0.39, 0.29) is 17.6 Å². The van der Waals surface area contributed by atoms with Crippen LogP contribution >= 0.6 is 23.1 Å². The van der Waals surface area contributed by atoms with Crippen LogP contribution in [-0.4, -0.2) is 56.3 Å². The van der Waals surface area contributed by atoms with Crippen molar-refractivity contribution in [1.82, 2.24) is 24.6 Å². The van der Waals surface area contributed by atoms with E-state index in [2.05, 4.69) is 20.5 Å². The normalized spacial score (nSPS) is 10.8. The maximum atomic E-state index is 12.3. The number of nitrogens with one attached hydrogen (secondary N) is 1. The molecule has 0 unspecified atom stereocenters. The summed E-state index contributed by atoms with van der Waals surface area (Å²) >= 11 is 2.47. The van der Waals surface area contributed by atoms with Crippen molar-refractivity contribution in [2.45, 2.75) is 19.0 Å². The lowest BCUT2D eigenvalue weighted by Crippen LogP contribution is -2.21. The van der Waals surface area contributed by atoms with Crippen LogP contribution in [0.2, 0.25) is 0 Å². The third-order valence-corrected chi connectivity index (χ3v) is 6.28. The molecule has 0 atom stereocenters. The second kappa shape index (κ2) is 8.75. The Morgan fingerprint density at radius 3 is 2.62 bits per heavy atom. The number of thioether (sulfide) groups is 1. The first-order chi connectivity index (χ1) is 13.8. The van der Waals surface area contributed by atoms with Gasteiger partial charge in [-0.2, -0.15) is 0 Å². The van der Waals surface area contributed by atoms with Crippen molar-refractivity contribution < 1.29 is 9.59 Å². The van der Waals surface area contributed by atoms with Gasteiger partial charge in [-0.05, 0) is 19.4 Å². The number of nitrogens with zero attached hydrogens (tertiary/aromatic N) is 5. The Morgan fingerprint density at radius 1 is 1.21 bits per heavy atom. The molecule has 0 bridgehead atoms. The van der Waals surface area contributed by atoms with E-state index in [1.807, 2.05) is 42.8 Å². The van der Waals surface area contributed by atoms with E-state index >= 15 is 0 Å². The summed E-state index contributed by atoms with van der Waals surface area (Å²) in [4.78, 5) is 30.7. The first-order valence-electron chi connectivity index (χ1n) is 8.85. The summed E-state index contributed by atoms with van der Waals surface area (Å²) in [6, 6.07) is 7.96. The Bertz CT molecular complexity index is 1060. The lowest BCUT2D eigenvalue weighted by molar-refractivity contribution is -0.113. The smallest absolute Gasteiger partial charge is 0.265 e. The van der Waals surface area contributed by atoms with Gasteiger partial charge in [-0.3, -0.25) is 9.59 Å². The molecule has 2 heterocycles. The summed E-state index contributed by atoms with van der Waals surface area (Å²) in [5.74, 6) is 0.578. The minimum Gasteiger partial charge on any atom is -0.344 e. The molecule has 2 amide bonds. The molecule has 2 aromatic heterocycles. The molecule has 0 aliphatic carbocycles. The zero-order valence-electron chi connectivity index (χ0n) is 16.9. The number of rotatable bonds is 6. The van der Waals surface area contributed by atoms with Crippen LogP contribution in [0, 0.1) is 13.8 Å². The van der Waals surface area contributed by atoms with Crippen molar-refractivity contribution in [1.29, 1.82) is 0 Å². The summed E-state index contributed by atoms with van der Waals surface area (Å²) < 4.78 is 1.88. The number of carbonyl (C=O) groups is 2. The van der Waals surface area contributed by atoms with Crippen molar-refractivity contribution in [2.24, 2.45) is 7.05 Å². The van der Waals surface area contributed by atoms with Crippen molar-refractivity contribution in [3.63, 3.8) is 0 Å². The van der Waals surface area contributed by atoms with Gasteiger partial charge in [0.2, 0.25) is 5.91 Å². The van der Waals surface area contributed by atoms with E-state index < -0.39 is 0 Å². The fourth-order valence-corrected chi connectivity index (χ4v) is 4.35. The Labute approximate surface area is 177 Å². The van der Waals surface area contributed by atoms with Gasteiger partial charge in [0.15, 0.2) is 16.1 Å². The van der Waals surface area contributed by atoms with Crippen LogP contribution in [0.25, 0.3) is 11.4 Å². The highest BCUT2D eigenvalue weighted by Gasteiger charge is 2.19. The first-order valence-corrected chi connectivity index (χ1v) is 10.6. The van der Waals surface area contributed by atoms with Gasteiger partial charge in [0, 0.05) is 26.7 Å². The molecule has 0 aliphatic heterocycles. The maximum absolute atomic E-state index is 12.3. The van der Waals surface area contributed by atoms with Crippen molar-refractivity contribution in [2.75, 3.05) is 25.2 Å². The third kappa shape index (κ3) is 4.65. The number of carbonyl (C=O) groups excluding carboxylic acids is 2. The molecule has 1 N–H and O–H groups in total. The molecular formula is C19H22N6O2S2. The van der Waals surface area contributed by atoms with Crippen molar-refractivity contribution in [3.8, 4) is 11.4 Å². The highest BCUT2D eigenvalue weighted by atomic mass is 32.2. The van der Waals surface area contributed by atoms with E-state index in [9.17, 15) is 9.59 Å². The topological polar surface area (TPSA) is 93.0 Å². The van der Waals surface area contributed by atoms with Crippen LogP contribution < -0.4 is 5.32 Å². The fourth-order valence-electron chi connectivity index (χ4n) is 2.64. The molecule has 8 nitrogen and oxygen atoms in total. The predicted molar refractivity (Wildman–Crippen MR) is 115 cm³/mol. The molecule has 0 saturated carbocycles. The highest BCUT2D eigenvalue weighted by molar-refractivity contribution is 7.99. The number of thiazole rings is 1. The maximum Gasteiger partial charge on any atom is 0.265 e. The van der Waals surface area contributed by atoms with Gasteiger partial charge in [-0.25, -0.2) is 4.98 Å². The van der Waals surface area contributed by atoms with Gasteiger partial charge in [0.05, 0.1) is 11.4 Å². The molecule has 10 heteroatoms. The third-order valence-electron chi connectivity index (χ3n) is 4.20. The van der Waals surface area contributed by atoms with Crippen LogP contribution in [0.3, 0.4) is 0 Å². The quantitative estimate of drug-likeness (QED) is 0.605. The number of anilines is 1. The zero-order valence-corrected chi connectivity index (χ0v) is 18.5. The molecular weight excluding hydrogens is 408 g/mol. The van der Waals surface area contributed by atoms with Gasteiger partial charge in [-0.15, -0.1) is 10.2 Å². The van der Waals surface area contributed by atoms with Crippen LogP contribution in [-0.2, 0) is 11.8 Å². The van der Waals surface area contributed by atoms with Gasteiger partial charge < -0.3 is 14.8 Å². The predicted octanol–water partition coefficient (Wildman–Crippen LogP) is 2.99. The molecule has 1 aromatic carbocycles. The van der Waals surface area contributed by atoms with Gasteiger partial charge >= 0.3 is 0 Å². The Balaban J connectivity index is 1.64. The summed E-state index contributed by atoms with van der Waals surface area (Å²) in [7, 11) is 5.25. The van der Waals surface area contributed by atoms with Crippen molar-refractivity contribution >= 4 is 40.0 Å². The number of hydrogen-bond donors (Lipinski definition) is 1. The monoisotopic (exact) mass is 430 g/mol. The molecule has 0 fully saturated rings. The second-order valence-electron chi connectivity index (χ2n) is 6.65. The molecule has 0 spiro atoms. The van der Waals surface area contributed by atoms with Crippen LogP contribution in [0.5, 0.6) is 0 Å². The highest BCUT2D eigenvalue weighted by Crippen LogP contribution is 2.26. The lowest BCUT2D eigenvalue weighted by atomic mass is 10.1. The Morgan fingerprint density at radius 2 is 1.93 bits per heavy atom. The largest absolute Gasteiger partial charge is 0.344 e. The van der Waals surface area contributed by atoms with E-state index in [1.165, 1.54) is 28.0 Å². The summed E-state index contributed by atoms with van der Waals surface area (Å²) in [6.45, 7) is 3.78. The SMILES string of the molecule is Cc1ccccc1-c1nnc(SCC(=O)Nc2nc(C)c(C(=O)N(C)C)s2)n1C. The van der Waals surface area contributed by atoms with E-state index in [4.69, 9.17) is 0 Å². The van der Waals surface area contributed by atoms with Gasteiger partial charge in [-0.1, -0.05) is 47.4 Å². The first kappa shape index (κ1) is 21.0. The average molecular weight is 431 g/mol. The van der Waals surface area contributed by atoms with Gasteiger partial charge in [0.1, 0.15) is 4.88 Å². The van der Waals surface area contributed by atoms with Crippen molar-refractivity contribution in [3.05, 3.63) is 40.4 Å². The zero-order chi connectivity index (χ0) is 21.1. The number of aryl methyl sites for hydroxylation is 2. The number of benzene rings is 1. The fraction of sp³-hybridized carbons (Fsp3) is 0.316. The molecule has 152 valence electrons. The van der Waals surface area contributed by atoms with E-state index in [0.29, 0.717) is 20.9 Å². The van der Waals surface area contributed by atoms with E-state index in [1.54, 1.807) is 21.0 Å². The molecule has 3 rings (SSSR count). The lowest BCUT2D eigenvalue weighted by Gasteiger charge is -2.07. The Kier molecular flexibility index (Phi) is 6.33. The molecule has 3 aromatic rings. The standard InChI is InChI=1S/C19H22N6O2S2/c1-11-8-6-7-9-13(11)16-22-23-19(25(16)5)28-10-14(26)21-18-20-12(2)15(29-18)17(27)24(3)4/h6-9H,10H2,1-5H3,(H,20,21,26). The number of aromatic nitrogens is 4. The average Bonchev–Trinajstić information content (AvgIpc) is 3.22. The van der Waals surface area contributed by atoms with E-state index in [0.717, 1.165) is 17.0 Å². The molecule has 0 saturated heterocycles. The number of hydrogen-bond acceptors (Lipinski definition) is 7. The van der Waals surface area contributed by atoms with Gasteiger partial charge in [0.25, 0.3) is 5.91 Å². The summed E-state index contributed by atoms with van der Waals surface area (Å²) in [5.41, 5.74) is 2.72. The van der Waals surface area contributed by atoms with Crippen LogP contribution in [0.15, 0.2) is 29.4 Å². The molecule has 0 radical (unpaired) electrons. The van der Waals surface area contributed by atoms with Crippen LogP contribution in [0.1, 0.15) is 20.9 Å². The van der Waals surface area contributed by atoms with Crippen LogP contribution in [0.4, 0.5) is 5.13 Å². The number of amides is 2. The molecule has 29 heavy (non-hydrogen) atoms. The summed E-state index contributed by atoms with van der Waals surface area (Å²) in [6.07, 6.45) is 0. The molecule has 0 aliphatic rings. The minimum absolute atomic E-state index is 0.127. The minimum atomic E-state index is -0.215. The second-order valence-corrected chi connectivity index (χ2v) is 8.59. The summed E-state index contributed by atoms with van der Waals surface area (Å²) in [5, 5.41) is 12.3.